The smallest absolute Gasteiger partial charge is 0.354 e. The predicted octanol–water partition coefficient (Wildman–Crippen LogP) is 2.88. The summed E-state index contributed by atoms with van der Waals surface area (Å²) in [5, 5.41) is 0. The van der Waals surface area contributed by atoms with Crippen LogP contribution in [0, 0.1) is 19.8 Å². The van der Waals surface area contributed by atoms with Gasteiger partial charge in [-0.25, -0.2) is 4.79 Å². The standard InChI is InChI=1S/C20H28N2O4/c1-6-21-12(3)16(11(2)17(21)20(25)26-5)18(23)13(4)22(15-9-10-15)19(24)14-7-8-14/h13-15H,6-10H2,1-5H3/t13-/m1/s1. The number of esters is 1. The number of amides is 1. The highest BCUT2D eigenvalue weighted by Gasteiger charge is 2.44. The van der Waals surface area contributed by atoms with Gasteiger partial charge in [-0.2, -0.15) is 0 Å². The number of Topliss-reactive ketones (excluding diaryl/α,β-unsaturated/α-hetero) is 1. The second-order valence-corrected chi connectivity index (χ2v) is 7.46. The van der Waals surface area contributed by atoms with Crippen LogP contribution in [0.2, 0.25) is 0 Å². The molecule has 142 valence electrons. The monoisotopic (exact) mass is 360 g/mol. The van der Waals surface area contributed by atoms with E-state index in [0.717, 1.165) is 31.4 Å². The fourth-order valence-electron chi connectivity index (χ4n) is 3.93. The van der Waals surface area contributed by atoms with Gasteiger partial charge < -0.3 is 14.2 Å². The van der Waals surface area contributed by atoms with E-state index in [2.05, 4.69) is 0 Å². The van der Waals surface area contributed by atoms with E-state index in [1.807, 2.05) is 25.3 Å². The third-order valence-electron chi connectivity index (χ3n) is 5.63. The van der Waals surface area contributed by atoms with E-state index >= 15 is 0 Å². The van der Waals surface area contributed by atoms with E-state index in [0.29, 0.717) is 23.4 Å². The van der Waals surface area contributed by atoms with E-state index in [-0.39, 0.29) is 23.7 Å². The third kappa shape index (κ3) is 3.06. The molecule has 1 amide bonds. The Labute approximate surface area is 154 Å². The molecule has 1 aromatic heterocycles. The van der Waals surface area contributed by atoms with Crippen molar-refractivity contribution in [3.05, 3.63) is 22.5 Å². The van der Waals surface area contributed by atoms with Crippen molar-refractivity contribution >= 4 is 17.7 Å². The number of carbonyl (C=O) groups excluding carboxylic acids is 3. The SMILES string of the molecule is CCn1c(C)c(C(=O)[C@@H](C)N(C(=O)C2CC2)C2CC2)c(C)c1C(=O)OC. The fourth-order valence-corrected chi connectivity index (χ4v) is 3.93. The Bertz CT molecular complexity index is 756. The number of nitrogens with zero attached hydrogens (tertiary/aromatic N) is 2. The molecule has 3 rings (SSSR count). The van der Waals surface area contributed by atoms with Crippen molar-refractivity contribution in [1.29, 1.82) is 0 Å². The highest BCUT2D eigenvalue weighted by Crippen LogP contribution is 2.38. The normalized spacial score (nSPS) is 17.7. The quantitative estimate of drug-likeness (QED) is 0.554. The molecular weight excluding hydrogens is 332 g/mol. The molecule has 1 atom stereocenters. The fraction of sp³-hybridized carbons (Fsp3) is 0.650. The van der Waals surface area contributed by atoms with Gasteiger partial charge in [0, 0.05) is 29.8 Å². The Morgan fingerprint density at radius 2 is 1.81 bits per heavy atom. The van der Waals surface area contributed by atoms with Gasteiger partial charge >= 0.3 is 5.97 Å². The maximum Gasteiger partial charge on any atom is 0.354 e. The lowest BCUT2D eigenvalue weighted by Gasteiger charge is -2.29. The van der Waals surface area contributed by atoms with E-state index in [1.165, 1.54) is 7.11 Å². The number of ether oxygens (including phenoxy) is 1. The summed E-state index contributed by atoms with van der Waals surface area (Å²) < 4.78 is 6.73. The summed E-state index contributed by atoms with van der Waals surface area (Å²) in [5.41, 5.74) is 2.38. The summed E-state index contributed by atoms with van der Waals surface area (Å²) in [6.45, 7) is 7.97. The zero-order chi connectivity index (χ0) is 19.2. The zero-order valence-corrected chi connectivity index (χ0v) is 16.3. The summed E-state index contributed by atoms with van der Waals surface area (Å²) in [7, 11) is 1.34. The highest BCUT2D eigenvalue weighted by molar-refractivity contribution is 6.06. The van der Waals surface area contributed by atoms with E-state index in [1.54, 1.807) is 11.8 Å². The molecule has 0 N–H and O–H groups in total. The molecule has 2 aliphatic rings. The molecule has 0 radical (unpaired) electrons. The lowest BCUT2D eigenvalue weighted by Crippen LogP contribution is -2.45. The van der Waals surface area contributed by atoms with Crippen LogP contribution in [0.15, 0.2) is 0 Å². The average molecular weight is 360 g/mol. The Hall–Kier alpha value is -2.11. The predicted molar refractivity (Wildman–Crippen MR) is 97.3 cm³/mol. The van der Waals surface area contributed by atoms with Crippen LogP contribution in [-0.2, 0) is 16.1 Å². The first-order valence-electron chi connectivity index (χ1n) is 9.47. The van der Waals surface area contributed by atoms with Gasteiger partial charge in [0.05, 0.1) is 13.2 Å². The van der Waals surface area contributed by atoms with E-state index in [9.17, 15) is 14.4 Å². The Kier molecular flexibility index (Phi) is 4.95. The summed E-state index contributed by atoms with van der Waals surface area (Å²) in [6.07, 6.45) is 3.80. The number of hydrogen-bond acceptors (Lipinski definition) is 4. The first-order valence-corrected chi connectivity index (χ1v) is 9.47. The number of carbonyl (C=O) groups is 3. The minimum absolute atomic E-state index is 0.0850. The van der Waals surface area contributed by atoms with Crippen LogP contribution in [0.1, 0.15) is 71.6 Å². The molecule has 0 spiro atoms. The number of ketones is 1. The number of methoxy groups -OCH3 is 1. The van der Waals surface area contributed by atoms with Crippen molar-refractivity contribution in [3.8, 4) is 0 Å². The van der Waals surface area contributed by atoms with Crippen LogP contribution >= 0.6 is 0 Å². The lowest BCUT2D eigenvalue weighted by atomic mass is 9.99. The average Bonchev–Trinajstić information content (AvgIpc) is 3.51. The molecular formula is C20H28N2O4. The Morgan fingerprint density at radius 1 is 1.19 bits per heavy atom. The van der Waals surface area contributed by atoms with Gasteiger partial charge in [-0.15, -0.1) is 0 Å². The molecule has 1 heterocycles. The molecule has 0 bridgehead atoms. The summed E-state index contributed by atoms with van der Waals surface area (Å²) in [5.74, 6) is -0.309. The molecule has 0 aromatic carbocycles. The molecule has 0 unspecified atom stereocenters. The molecule has 2 saturated carbocycles. The summed E-state index contributed by atoms with van der Waals surface area (Å²) in [6, 6.07) is -0.317. The molecule has 26 heavy (non-hydrogen) atoms. The van der Waals surface area contributed by atoms with Gasteiger partial charge in [-0.3, -0.25) is 9.59 Å². The maximum atomic E-state index is 13.3. The zero-order valence-electron chi connectivity index (χ0n) is 16.3. The van der Waals surface area contributed by atoms with Gasteiger partial charge in [0.25, 0.3) is 0 Å². The van der Waals surface area contributed by atoms with Crippen molar-refractivity contribution in [2.45, 2.75) is 72.0 Å². The van der Waals surface area contributed by atoms with Crippen LogP contribution in [0.3, 0.4) is 0 Å². The van der Waals surface area contributed by atoms with Crippen LogP contribution in [-0.4, -0.2) is 46.3 Å². The molecule has 0 saturated heterocycles. The lowest BCUT2D eigenvalue weighted by molar-refractivity contribution is -0.134. The third-order valence-corrected chi connectivity index (χ3v) is 5.63. The van der Waals surface area contributed by atoms with E-state index in [4.69, 9.17) is 4.74 Å². The van der Waals surface area contributed by atoms with Gasteiger partial charge in [0.2, 0.25) is 5.91 Å². The molecule has 0 aliphatic heterocycles. The van der Waals surface area contributed by atoms with Gasteiger partial charge in [-0.1, -0.05) is 0 Å². The van der Waals surface area contributed by atoms with E-state index < -0.39 is 12.0 Å². The van der Waals surface area contributed by atoms with Crippen molar-refractivity contribution in [2.75, 3.05) is 7.11 Å². The summed E-state index contributed by atoms with van der Waals surface area (Å²) in [4.78, 5) is 40.1. The van der Waals surface area contributed by atoms with Crippen molar-refractivity contribution in [3.63, 3.8) is 0 Å². The minimum atomic E-state index is -0.508. The maximum absolute atomic E-state index is 13.3. The highest BCUT2D eigenvalue weighted by atomic mass is 16.5. The minimum Gasteiger partial charge on any atom is -0.464 e. The number of rotatable bonds is 7. The Morgan fingerprint density at radius 3 is 2.27 bits per heavy atom. The van der Waals surface area contributed by atoms with Crippen LogP contribution < -0.4 is 0 Å². The van der Waals surface area contributed by atoms with Crippen molar-refractivity contribution in [2.24, 2.45) is 5.92 Å². The molecule has 6 heteroatoms. The second kappa shape index (κ2) is 6.89. The van der Waals surface area contributed by atoms with Gasteiger partial charge in [0.15, 0.2) is 5.78 Å². The van der Waals surface area contributed by atoms with Gasteiger partial charge in [0.1, 0.15) is 5.69 Å². The van der Waals surface area contributed by atoms with Crippen LogP contribution in [0.4, 0.5) is 0 Å². The molecule has 6 nitrogen and oxygen atoms in total. The van der Waals surface area contributed by atoms with Crippen LogP contribution in [0.5, 0.6) is 0 Å². The number of hydrogen-bond donors (Lipinski definition) is 0. The molecule has 2 aliphatic carbocycles. The second-order valence-electron chi connectivity index (χ2n) is 7.46. The topological polar surface area (TPSA) is 68.6 Å². The number of aromatic nitrogens is 1. The van der Waals surface area contributed by atoms with Crippen LogP contribution in [0.25, 0.3) is 0 Å². The first kappa shape index (κ1) is 18.7. The van der Waals surface area contributed by atoms with Crippen molar-refractivity contribution in [1.82, 2.24) is 9.47 Å². The van der Waals surface area contributed by atoms with Crippen molar-refractivity contribution < 1.29 is 19.1 Å². The molecule has 1 aromatic rings. The molecule has 2 fully saturated rings. The summed E-state index contributed by atoms with van der Waals surface area (Å²) >= 11 is 0. The van der Waals surface area contributed by atoms with Gasteiger partial charge in [-0.05, 0) is 58.9 Å². The largest absolute Gasteiger partial charge is 0.464 e. The Balaban J connectivity index is 1.97. The first-order chi connectivity index (χ1) is 12.3.